The van der Waals surface area contributed by atoms with E-state index in [1.165, 1.54) is 25.3 Å². The topological polar surface area (TPSA) is 115 Å². The maximum atomic E-state index is 13.2. The molecule has 0 fully saturated rings. The van der Waals surface area contributed by atoms with Gasteiger partial charge in [-0.15, -0.1) is 0 Å². The zero-order valence-corrected chi connectivity index (χ0v) is 20.6. The second-order valence-corrected chi connectivity index (χ2v) is 9.38. The summed E-state index contributed by atoms with van der Waals surface area (Å²) < 4.78 is 22.6. The molecule has 0 saturated heterocycles. The Morgan fingerprint density at radius 2 is 1.84 bits per heavy atom. The molecule has 0 amide bonds. The zero-order valence-electron chi connectivity index (χ0n) is 20.6. The number of carbonyl (C=O) groups excluding carboxylic acids is 1. The van der Waals surface area contributed by atoms with E-state index >= 15 is 0 Å². The third kappa shape index (κ3) is 4.58. The molecular weight excluding hydrogens is 476 g/mol. The Morgan fingerprint density at radius 3 is 2.57 bits per heavy atom. The van der Waals surface area contributed by atoms with Crippen molar-refractivity contribution in [2.45, 2.75) is 26.2 Å². The van der Waals surface area contributed by atoms with Gasteiger partial charge < -0.3 is 28.8 Å². The van der Waals surface area contributed by atoms with E-state index in [0.29, 0.717) is 29.4 Å². The van der Waals surface area contributed by atoms with Gasteiger partial charge in [-0.25, -0.2) is 0 Å². The number of phenols is 2. The summed E-state index contributed by atoms with van der Waals surface area (Å²) in [5.74, 6) is 0.114. The molecule has 0 bridgehead atoms. The summed E-state index contributed by atoms with van der Waals surface area (Å²) in [4.78, 5) is 25.7. The molecule has 8 heteroatoms. The Morgan fingerprint density at radius 1 is 1.03 bits per heavy atom. The highest BCUT2D eigenvalue weighted by atomic mass is 16.5. The van der Waals surface area contributed by atoms with Gasteiger partial charge in [-0.2, -0.15) is 0 Å². The molecule has 190 valence electrons. The predicted octanol–water partition coefficient (Wildman–Crippen LogP) is 5.36. The highest BCUT2D eigenvalue weighted by Crippen LogP contribution is 2.46. The van der Waals surface area contributed by atoms with Crippen molar-refractivity contribution < 1.29 is 33.6 Å². The minimum absolute atomic E-state index is 0.0117. The molecule has 0 aliphatic carbocycles. The fourth-order valence-electron chi connectivity index (χ4n) is 4.51. The highest BCUT2D eigenvalue weighted by molar-refractivity contribution is 5.93. The van der Waals surface area contributed by atoms with Crippen LogP contribution in [-0.4, -0.2) is 29.9 Å². The highest BCUT2D eigenvalue weighted by Gasteiger charge is 2.34. The van der Waals surface area contributed by atoms with Crippen molar-refractivity contribution in [3.8, 4) is 40.1 Å². The Balaban J connectivity index is 1.71. The lowest BCUT2D eigenvalue weighted by Gasteiger charge is -2.26. The van der Waals surface area contributed by atoms with E-state index in [0.717, 1.165) is 5.56 Å². The maximum Gasteiger partial charge on any atom is 0.312 e. The standard InChI is InChI=1S/C29H26O8/c1-15(2)14-35-18-6-4-5-16(9-18)19-11-26(33)36-25-13-22(32)28-21(31)12-24(37-29(28)27(19)25)17-7-8-23(34-3)20(30)10-17/h4-10,12-13,15,19,30,32H,11,14H2,1-3H3. The van der Waals surface area contributed by atoms with Gasteiger partial charge in [0.2, 0.25) is 0 Å². The van der Waals surface area contributed by atoms with E-state index in [4.69, 9.17) is 18.6 Å². The number of methoxy groups -OCH3 is 1. The van der Waals surface area contributed by atoms with Crippen LogP contribution in [0.5, 0.6) is 28.7 Å². The average molecular weight is 503 g/mol. The molecule has 1 unspecified atom stereocenters. The smallest absolute Gasteiger partial charge is 0.312 e. The average Bonchev–Trinajstić information content (AvgIpc) is 2.86. The number of fused-ring (bicyclic) bond motifs is 3. The van der Waals surface area contributed by atoms with Gasteiger partial charge in [-0.1, -0.05) is 26.0 Å². The largest absolute Gasteiger partial charge is 0.507 e. The van der Waals surface area contributed by atoms with Crippen LogP contribution in [-0.2, 0) is 4.79 Å². The quantitative estimate of drug-likeness (QED) is 0.268. The van der Waals surface area contributed by atoms with Gasteiger partial charge >= 0.3 is 5.97 Å². The Hall–Kier alpha value is -4.46. The van der Waals surface area contributed by atoms with Crippen LogP contribution in [0.25, 0.3) is 22.3 Å². The van der Waals surface area contributed by atoms with Gasteiger partial charge in [-0.05, 0) is 41.8 Å². The Bertz CT molecular complexity index is 1570. The molecule has 0 radical (unpaired) electrons. The molecular formula is C29H26O8. The molecule has 1 aliphatic rings. The normalized spacial score (nSPS) is 14.9. The van der Waals surface area contributed by atoms with Crippen LogP contribution < -0.4 is 19.6 Å². The number of rotatable bonds is 6. The third-order valence-corrected chi connectivity index (χ3v) is 6.23. The maximum absolute atomic E-state index is 13.2. The van der Waals surface area contributed by atoms with Crippen LogP contribution in [0.15, 0.2) is 63.8 Å². The SMILES string of the molecule is COc1ccc(-c2cc(=O)c3c(O)cc4c(c3o2)C(c2cccc(OCC(C)C)c2)CC(=O)O4)cc1O. The summed E-state index contributed by atoms with van der Waals surface area (Å²) in [5.41, 5.74) is 1.32. The first kappa shape index (κ1) is 24.2. The lowest BCUT2D eigenvalue weighted by molar-refractivity contribution is -0.135. The van der Waals surface area contributed by atoms with E-state index in [2.05, 4.69) is 13.8 Å². The van der Waals surface area contributed by atoms with Crippen LogP contribution in [0, 0.1) is 5.92 Å². The fourth-order valence-corrected chi connectivity index (χ4v) is 4.51. The molecule has 0 spiro atoms. The van der Waals surface area contributed by atoms with Gasteiger partial charge in [-0.3, -0.25) is 9.59 Å². The molecule has 8 nitrogen and oxygen atoms in total. The van der Waals surface area contributed by atoms with Crippen LogP contribution >= 0.6 is 0 Å². The van der Waals surface area contributed by atoms with Gasteiger partial charge in [0.05, 0.1) is 20.1 Å². The molecule has 3 aromatic carbocycles. The first-order chi connectivity index (χ1) is 17.7. The second-order valence-electron chi connectivity index (χ2n) is 9.38. The fraction of sp³-hybridized carbons (Fsp3) is 0.241. The van der Waals surface area contributed by atoms with Crippen LogP contribution in [0.3, 0.4) is 0 Å². The van der Waals surface area contributed by atoms with Crippen molar-refractivity contribution in [3.05, 3.63) is 75.9 Å². The molecule has 37 heavy (non-hydrogen) atoms. The molecule has 4 aromatic rings. The molecule has 1 aromatic heterocycles. The summed E-state index contributed by atoms with van der Waals surface area (Å²) in [6.45, 7) is 4.65. The number of benzene rings is 3. The van der Waals surface area contributed by atoms with E-state index in [1.54, 1.807) is 12.1 Å². The van der Waals surface area contributed by atoms with Gasteiger partial charge in [0, 0.05) is 29.2 Å². The number of hydrogen-bond acceptors (Lipinski definition) is 8. The van der Waals surface area contributed by atoms with Gasteiger partial charge in [0.25, 0.3) is 0 Å². The van der Waals surface area contributed by atoms with Crippen molar-refractivity contribution in [1.29, 1.82) is 0 Å². The number of esters is 1. The van der Waals surface area contributed by atoms with E-state index in [9.17, 15) is 19.8 Å². The predicted molar refractivity (Wildman–Crippen MR) is 137 cm³/mol. The second kappa shape index (κ2) is 9.54. The molecule has 2 N–H and O–H groups in total. The third-order valence-electron chi connectivity index (χ3n) is 6.23. The van der Waals surface area contributed by atoms with Crippen LogP contribution in [0.4, 0.5) is 0 Å². The Kier molecular flexibility index (Phi) is 6.25. The van der Waals surface area contributed by atoms with Crippen LogP contribution in [0.2, 0.25) is 0 Å². The summed E-state index contributed by atoms with van der Waals surface area (Å²) in [5, 5.41) is 20.9. The Labute approximate surface area is 212 Å². The van der Waals surface area contributed by atoms with Crippen molar-refractivity contribution >= 4 is 16.9 Å². The summed E-state index contributed by atoms with van der Waals surface area (Å²) in [6.07, 6.45) is 0.0117. The summed E-state index contributed by atoms with van der Waals surface area (Å²) in [6, 6.07) is 14.6. The molecule has 1 atom stereocenters. The first-order valence-corrected chi connectivity index (χ1v) is 11.9. The lowest BCUT2D eigenvalue weighted by Crippen LogP contribution is -2.22. The lowest BCUT2D eigenvalue weighted by atomic mass is 9.85. The monoisotopic (exact) mass is 502 g/mol. The number of hydrogen-bond donors (Lipinski definition) is 2. The minimum atomic E-state index is -0.510. The van der Waals surface area contributed by atoms with E-state index in [-0.39, 0.29) is 46.1 Å². The number of aromatic hydroxyl groups is 2. The number of phenolic OH excluding ortho intramolecular Hbond substituents is 2. The first-order valence-electron chi connectivity index (χ1n) is 11.9. The minimum Gasteiger partial charge on any atom is -0.507 e. The van der Waals surface area contributed by atoms with Crippen LogP contribution in [0.1, 0.15) is 37.3 Å². The van der Waals surface area contributed by atoms with Gasteiger partial charge in [0.15, 0.2) is 16.9 Å². The molecule has 2 heterocycles. The van der Waals surface area contributed by atoms with Crippen molar-refractivity contribution in [2.24, 2.45) is 5.92 Å². The number of ether oxygens (including phenoxy) is 3. The molecule has 1 aliphatic heterocycles. The zero-order chi connectivity index (χ0) is 26.3. The number of carbonyl (C=O) groups is 1. The molecule has 5 rings (SSSR count). The van der Waals surface area contributed by atoms with Gasteiger partial charge in [0.1, 0.15) is 34.0 Å². The van der Waals surface area contributed by atoms with Crippen molar-refractivity contribution in [3.63, 3.8) is 0 Å². The summed E-state index contributed by atoms with van der Waals surface area (Å²) >= 11 is 0. The van der Waals surface area contributed by atoms with E-state index in [1.807, 2.05) is 24.3 Å². The van der Waals surface area contributed by atoms with Crippen molar-refractivity contribution in [1.82, 2.24) is 0 Å². The van der Waals surface area contributed by atoms with Crippen molar-refractivity contribution in [2.75, 3.05) is 13.7 Å². The summed E-state index contributed by atoms with van der Waals surface area (Å²) in [7, 11) is 1.43. The van der Waals surface area contributed by atoms with E-state index < -0.39 is 17.3 Å². The molecule has 0 saturated carbocycles.